The van der Waals surface area contributed by atoms with Gasteiger partial charge in [-0.05, 0) is 57.0 Å². The van der Waals surface area contributed by atoms with Crippen molar-refractivity contribution in [2.24, 2.45) is 0 Å². The molecule has 3 rings (SSSR count). The Morgan fingerprint density at radius 3 is 2.57 bits per heavy atom. The molecule has 3 heterocycles. The summed E-state index contributed by atoms with van der Waals surface area (Å²) >= 11 is 1.51. The number of aromatic nitrogens is 2. The molecule has 1 amide bonds. The SMILES string of the molecule is CCc1nc(NC=O)sc1C.c1cc(CN2CCCC2)ccn1. The molecule has 0 aromatic carbocycles. The van der Waals surface area contributed by atoms with Crippen LogP contribution >= 0.6 is 11.3 Å². The molecule has 0 radical (unpaired) electrons. The number of carbonyl (C=O) groups excluding carboxylic acids is 1. The lowest BCUT2D eigenvalue weighted by Crippen LogP contribution is -2.18. The van der Waals surface area contributed by atoms with E-state index in [0.717, 1.165) is 18.7 Å². The molecule has 1 aliphatic rings. The highest BCUT2D eigenvalue weighted by molar-refractivity contribution is 7.15. The minimum Gasteiger partial charge on any atom is -0.305 e. The van der Waals surface area contributed by atoms with Gasteiger partial charge in [0.2, 0.25) is 6.41 Å². The number of thiazole rings is 1. The molecular weight excluding hydrogens is 308 g/mol. The van der Waals surface area contributed by atoms with E-state index in [1.54, 1.807) is 0 Å². The van der Waals surface area contributed by atoms with Gasteiger partial charge in [0.25, 0.3) is 0 Å². The molecule has 1 aliphatic heterocycles. The van der Waals surface area contributed by atoms with E-state index in [2.05, 4.69) is 32.3 Å². The zero-order chi connectivity index (χ0) is 16.5. The van der Waals surface area contributed by atoms with Gasteiger partial charge in [-0.3, -0.25) is 14.7 Å². The number of carbonyl (C=O) groups is 1. The molecular formula is C17H24N4OS. The number of anilines is 1. The summed E-state index contributed by atoms with van der Waals surface area (Å²) in [6.07, 6.45) is 8.04. The minimum absolute atomic E-state index is 0.651. The molecule has 6 heteroatoms. The maximum Gasteiger partial charge on any atom is 0.213 e. The van der Waals surface area contributed by atoms with Crippen molar-refractivity contribution >= 4 is 22.9 Å². The molecule has 0 spiro atoms. The average molecular weight is 332 g/mol. The van der Waals surface area contributed by atoms with E-state index in [1.807, 2.05) is 26.2 Å². The third-order valence-electron chi connectivity index (χ3n) is 3.76. The minimum atomic E-state index is 0.651. The van der Waals surface area contributed by atoms with Gasteiger partial charge in [0.15, 0.2) is 5.13 Å². The van der Waals surface area contributed by atoms with Crippen molar-refractivity contribution in [3.05, 3.63) is 40.7 Å². The molecule has 2 aromatic rings. The fraction of sp³-hybridized carbons (Fsp3) is 0.471. The van der Waals surface area contributed by atoms with Gasteiger partial charge in [-0.15, -0.1) is 11.3 Å². The fourth-order valence-electron chi connectivity index (χ4n) is 2.56. The lowest BCUT2D eigenvalue weighted by molar-refractivity contribution is -0.105. The van der Waals surface area contributed by atoms with Crippen molar-refractivity contribution in [1.29, 1.82) is 0 Å². The molecule has 5 nitrogen and oxygen atoms in total. The van der Waals surface area contributed by atoms with Crippen molar-refractivity contribution in [3.8, 4) is 0 Å². The molecule has 0 bridgehead atoms. The summed E-state index contributed by atoms with van der Waals surface area (Å²) in [5.41, 5.74) is 2.45. The topological polar surface area (TPSA) is 58.1 Å². The van der Waals surface area contributed by atoms with Crippen LogP contribution in [-0.2, 0) is 17.8 Å². The van der Waals surface area contributed by atoms with E-state index in [0.29, 0.717) is 11.5 Å². The Morgan fingerprint density at radius 1 is 1.30 bits per heavy atom. The monoisotopic (exact) mass is 332 g/mol. The predicted molar refractivity (Wildman–Crippen MR) is 94.7 cm³/mol. The fourth-order valence-corrected chi connectivity index (χ4v) is 3.42. The zero-order valence-corrected chi connectivity index (χ0v) is 14.6. The second-order valence-electron chi connectivity index (χ2n) is 5.48. The number of hydrogen-bond acceptors (Lipinski definition) is 5. The van der Waals surface area contributed by atoms with Gasteiger partial charge in [0.05, 0.1) is 5.69 Å². The molecule has 0 aliphatic carbocycles. The van der Waals surface area contributed by atoms with Crippen molar-refractivity contribution < 1.29 is 4.79 Å². The predicted octanol–water partition coefficient (Wildman–Crippen LogP) is 3.26. The maximum atomic E-state index is 10.0. The van der Waals surface area contributed by atoms with Gasteiger partial charge in [0.1, 0.15) is 0 Å². The first-order chi connectivity index (χ1) is 11.2. The first-order valence-electron chi connectivity index (χ1n) is 8.00. The highest BCUT2D eigenvalue weighted by atomic mass is 32.1. The number of hydrogen-bond donors (Lipinski definition) is 1. The first-order valence-corrected chi connectivity index (χ1v) is 8.82. The van der Waals surface area contributed by atoms with Gasteiger partial charge >= 0.3 is 0 Å². The van der Waals surface area contributed by atoms with Crippen molar-refractivity contribution in [1.82, 2.24) is 14.9 Å². The van der Waals surface area contributed by atoms with E-state index in [4.69, 9.17) is 0 Å². The van der Waals surface area contributed by atoms with Gasteiger partial charge < -0.3 is 5.32 Å². The summed E-state index contributed by atoms with van der Waals surface area (Å²) in [6.45, 7) is 7.69. The molecule has 1 N–H and O–H groups in total. The lowest BCUT2D eigenvalue weighted by atomic mass is 10.2. The Kier molecular flexibility index (Phi) is 7.16. The Labute approximate surface area is 141 Å². The standard InChI is InChI=1S/C10H14N2.C7H10N2OS/c1-2-8-12(7-1)9-10-3-5-11-6-4-10;1-3-6-5(2)11-7(9-6)8-4-10/h3-6H,1-2,7-9H2;4H,3H2,1-2H3,(H,8,9,10). The number of likely N-dealkylation sites (tertiary alicyclic amines) is 1. The molecule has 1 fully saturated rings. The summed E-state index contributed by atoms with van der Waals surface area (Å²) in [6, 6.07) is 4.19. The summed E-state index contributed by atoms with van der Waals surface area (Å²) in [7, 11) is 0. The Morgan fingerprint density at radius 2 is 2.00 bits per heavy atom. The van der Waals surface area contributed by atoms with Gasteiger partial charge in [-0.1, -0.05) is 6.92 Å². The molecule has 1 saturated heterocycles. The van der Waals surface area contributed by atoms with Crippen LogP contribution in [0.5, 0.6) is 0 Å². The smallest absolute Gasteiger partial charge is 0.213 e. The Balaban J connectivity index is 0.000000168. The number of amides is 1. The maximum absolute atomic E-state index is 10.0. The molecule has 23 heavy (non-hydrogen) atoms. The normalized spacial score (nSPS) is 14.2. The number of nitrogens with zero attached hydrogens (tertiary/aromatic N) is 3. The largest absolute Gasteiger partial charge is 0.305 e. The van der Waals surface area contributed by atoms with Crippen LogP contribution in [0.25, 0.3) is 0 Å². The number of nitrogens with one attached hydrogen (secondary N) is 1. The van der Waals surface area contributed by atoms with E-state index >= 15 is 0 Å². The van der Waals surface area contributed by atoms with Crippen molar-refractivity contribution in [2.45, 2.75) is 39.7 Å². The van der Waals surface area contributed by atoms with Crippen LogP contribution in [0.15, 0.2) is 24.5 Å². The Bertz CT molecular complexity index is 594. The second-order valence-corrected chi connectivity index (χ2v) is 6.68. The number of pyridine rings is 1. The van der Waals surface area contributed by atoms with Gasteiger partial charge in [-0.25, -0.2) is 4.98 Å². The van der Waals surface area contributed by atoms with Crippen molar-refractivity contribution in [2.75, 3.05) is 18.4 Å². The average Bonchev–Trinajstić information content (AvgIpc) is 3.19. The highest BCUT2D eigenvalue weighted by Crippen LogP contribution is 2.21. The first kappa shape index (κ1) is 17.6. The van der Waals surface area contributed by atoms with Crippen LogP contribution in [0.4, 0.5) is 5.13 Å². The second kappa shape index (κ2) is 9.37. The third kappa shape index (κ3) is 5.73. The summed E-state index contributed by atoms with van der Waals surface area (Å²) in [5, 5.41) is 3.22. The summed E-state index contributed by atoms with van der Waals surface area (Å²) < 4.78 is 0. The van der Waals surface area contributed by atoms with E-state index in [-0.39, 0.29) is 0 Å². The molecule has 0 atom stereocenters. The van der Waals surface area contributed by atoms with Crippen LogP contribution in [0.1, 0.15) is 35.9 Å². The van der Waals surface area contributed by atoms with Crippen LogP contribution < -0.4 is 5.32 Å². The lowest BCUT2D eigenvalue weighted by Gasteiger charge is -2.13. The van der Waals surface area contributed by atoms with Crippen molar-refractivity contribution in [3.63, 3.8) is 0 Å². The van der Waals surface area contributed by atoms with Gasteiger partial charge in [0, 0.05) is 23.8 Å². The Hall–Kier alpha value is -1.79. The summed E-state index contributed by atoms with van der Waals surface area (Å²) in [5.74, 6) is 0. The van der Waals surface area contributed by atoms with Crippen LogP contribution in [0.3, 0.4) is 0 Å². The zero-order valence-electron chi connectivity index (χ0n) is 13.8. The number of rotatable bonds is 5. The van der Waals surface area contributed by atoms with E-state index in [1.165, 1.54) is 47.7 Å². The highest BCUT2D eigenvalue weighted by Gasteiger charge is 2.10. The summed E-state index contributed by atoms with van der Waals surface area (Å²) in [4.78, 5) is 21.9. The quantitative estimate of drug-likeness (QED) is 0.854. The molecule has 124 valence electrons. The van der Waals surface area contributed by atoms with Crippen LogP contribution in [0, 0.1) is 6.92 Å². The van der Waals surface area contributed by atoms with Crippen LogP contribution in [-0.4, -0.2) is 34.4 Å². The third-order valence-corrected chi connectivity index (χ3v) is 4.71. The van der Waals surface area contributed by atoms with E-state index < -0.39 is 0 Å². The van der Waals surface area contributed by atoms with Crippen LogP contribution in [0.2, 0.25) is 0 Å². The molecule has 0 unspecified atom stereocenters. The molecule has 2 aromatic heterocycles. The van der Waals surface area contributed by atoms with E-state index in [9.17, 15) is 4.79 Å². The molecule has 0 saturated carbocycles. The van der Waals surface area contributed by atoms with Gasteiger partial charge in [-0.2, -0.15) is 0 Å². The number of aryl methyl sites for hydroxylation is 2.